The van der Waals surface area contributed by atoms with Crippen LogP contribution in [0.3, 0.4) is 0 Å². The van der Waals surface area contributed by atoms with Crippen molar-refractivity contribution in [2.45, 2.75) is 11.8 Å². The van der Waals surface area contributed by atoms with Gasteiger partial charge < -0.3 is 5.11 Å². The number of sulfonamides is 1. The molecule has 20 heavy (non-hydrogen) atoms. The van der Waals surface area contributed by atoms with Crippen molar-refractivity contribution in [2.24, 2.45) is 0 Å². The second kappa shape index (κ2) is 5.21. The van der Waals surface area contributed by atoms with Crippen molar-refractivity contribution in [1.82, 2.24) is 15.2 Å². The molecular formula is C10H9BrN4O4S. The van der Waals surface area contributed by atoms with Gasteiger partial charge in [0.2, 0.25) is 0 Å². The van der Waals surface area contributed by atoms with E-state index in [9.17, 15) is 13.2 Å². The predicted octanol–water partition coefficient (Wildman–Crippen LogP) is 1.37. The number of carboxylic acid groups (broad SMARTS) is 1. The molecule has 0 aliphatic heterocycles. The minimum absolute atomic E-state index is 0.0597. The van der Waals surface area contributed by atoms with Crippen LogP contribution < -0.4 is 4.72 Å². The molecule has 10 heteroatoms. The number of aromatic nitrogens is 3. The number of aromatic amines is 1. The van der Waals surface area contributed by atoms with Gasteiger partial charge in [0.05, 0.1) is 10.2 Å². The highest BCUT2D eigenvalue weighted by atomic mass is 79.9. The number of pyridine rings is 1. The third kappa shape index (κ3) is 2.65. The SMILES string of the molecule is Cc1[nH]nc(C(=O)O)c1S(=O)(=O)Nc1ncccc1Br. The highest BCUT2D eigenvalue weighted by Gasteiger charge is 2.29. The molecular weight excluding hydrogens is 352 g/mol. The van der Waals surface area contributed by atoms with Crippen LogP contribution in [0.25, 0.3) is 0 Å². The molecule has 2 aromatic rings. The number of carboxylic acids is 1. The Morgan fingerprint density at radius 2 is 2.20 bits per heavy atom. The number of carbonyl (C=O) groups is 1. The van der Waals surface area contributed by atoms with E-state index >= 15 is 0 Å². The Labute approximate surface area is 122 Å². The number of aromatic carboxylic acids is 1. The first kappa shape index (κ1) is 14.5. The average molecular weight is 361 g/mol. The van der Waals surface area contributed by atoms with Gasteiger partial charge in [0.25, 0.3) is 10.0 Å². The summed E-state index contributed by atoms with van der Waals surface area (Å²) < 4.78 is 27.2. The molecule has 106 valence electrons. The van der Waals surface area contributed by atoms with Crippen LogP contribution in [0.15, 0.2) is 27.7 Å². The van der Waals surface area contributed by atoms with E-state index in [1.807, 2.05) is 0 Å². The van der Waals surface area contributed by atoms with Gasteiger partial charge in [-0.3, -0.25) is 9.82 Å². The number of H-pyrrole nitrogens is 1. The Balaban J connectivity index is 2.49. The van der Waals surface area contributed by atoms with Gasteiger partial charge in [-0.15, -0.1) is 0 Å². The van der Waals surface area contributed by atoms with Crippen molar-refractivity contribution in [3.05, 3.63) is 34.2 Å². The summed E-state index contributed by atoms with van der Waals surface area (Å²) in [5.41, 5.74) is -0.441. The summed E-state index contributed by atoms with van der Waals surface area (Å²) in [6.45, 7) is 1.42. The number of hydrogen-bond acceptors (Lipinski definition) is 5. The molecule has 0 saturated heterocycles. The van der Waals surface area contributed by atoms with Gasteiger partial charge in [-0.05, 0) is 35.0 Å². The number of anilines is 1. The summed E-state index contributed by atoms with van der Waals surface area (Å²) in [6, 6.07) is 3.22. The number of aryl methyl sites for hydroxylation is 1. The highest BCUT2D eigenvalue weighted by molar-refractivity contribution is 9.10. The molecule has 8 nitrogen and oxygen atoms in total. The Morgan fingerprint density at radius 1 is 1.50 bits per heavy atom. The summed E-state index contributed by atoms with van der Waals surface area (Å²) >= 11 is 3.15. The summed E-state index contributed by atoms with van der Waals surface area (Å²) in [6.07, 6.45) is 1.41. The van der Waals surface area contributed by atoms with Crippen LogP contribution in [0.1, 0.15) is 16.2 Å². The molecule has 2 heterocycles. The van der Waals surface area contributed by atoms with E-state index in [2.05, 4.69) is 35.8 Å². The zero-order valence-corrected chi connectivity index (χ0v) is 12.5. The summed E-state index contributed by atoms with van der Waals surface area (Å²) in [4.78, 5) is 14.4. The number of rotatable bonds is 4. The Hall–Kier alpha value is -1.94. The van der Waals surface area contributed by atoms with Crippen LogP contribution in [-0.2, 0) is 10.0 Å². The van der Waals surface area contributed by atoms with Gasteiger partial charge in [0.1, 0.15) is 4.90 Å². The van der Waals surface area contributed by atoms with Gasteiger partial charge in [-0.25, -0.2) is 18.2 Å². The number of nitrogens with one attached hydrogen (secondary N) is 2. The first-order chi connectivity index (χ1) is 9.33. The van der Waals surface area contributed by atoms with Crippen LogP contribution >= 0.6 is 15.9 Å². The van der Waals surface area contributed by atoms with E-state index in [0.717, 1.165) is 0 Å². The molecule has 0 radical (unpaired) electrons. The Morgan fingerprint density at radius 3 is 2.80 bits per heavy atom. The molecule has 0 bridgehead atoms. The monoisotopic (exact) mass is 360 g/mol. The van der Waals surface area contributed by atoms with Gasteiger partial charge in [0, 0.05) is 6.20 Å². The Kier molecular flexibility index (Phi) is 3.77. The third-order valence-electron chi connectivity index (χ3n) is 2.35. The largest absolute Gasteiger partial charge is 0.476 e. The van der Waals surface area contributed by atoms with E-state index in [1.165, 1.54) is 13.1 Å². The standard InChI is InChI=1S/C10H9BrN4O4S/c1-5-8(7(10(16)17)14-13-5)20(18,19)15-9-6(11)3-2-4-12-9/h2-4H,1H3,(H,12,15)(H,13,14)(H,16,17). The zero-order valence-electron chi connectivity index (χ0n) is 10.1. The molecule has 0 aromatic carbocycles. The molecule has 0 amide bonds. The highest BCUT2D eigenvalue weighted by Crippen LogP contribution is 2.24. The van der Waals surface area contributed by atoms with Crippen molar-refractivity contribution >= 4 is 37.7 Å². The van der Waals surface area contributed by atoms with Crippen molar-refractivity contribution < 1.29 is 18.3 Å². The molecule has 0 aliphatic carbocycles. The van der Waals surface area contributed by atoms with E-state index in [-0.39, 0.29) is 11.5 Å². The molecule has 0 fully saturated rings. The molecule has 0 unspecified atom stereocenters. The smallest absolute Gasteiger partial charge is 0.357 e. The molecule has 0 atom stereocenters. The van der Waals surface area contributed by atoms with Crippen LogP contribution in [0.5, 0.6) is 0 Å². The van der Waals surface area contributed by atoms with Crippen LogP contribution in [0.4, 0.5) is 5.82 Å². The maximum Gasteiger partial charge on any atom is 0.357 e. The van der Waals surface area contributed by atoms with Gasteiger partial charge in [-0.2, -0.15) is 5.10 Å². The third-order valence-corrected chi connectivity index (χ3v) is 4.49. The molecule has 2 rings (SSSR count). The molecule has 0 spiro atoms. The summed E-state index contributed by atoms with van der Waals surface area (Å²) in [5.74, 6) is -1.38. The lowest BCUT2D eigenvalue weighted by Crippen LogP contribution is -2.18. The molecule has 3 N–H and O–H groups in total. The molecule has 2 aromatic heterocycles. The number of nitrogens with zero attached hydrogens (tertiary/aromatic N) is 2. The Bertz CT molecular complexity index is 771. The molecule has 0 saturated carbocycles. The van der Waals surface area contributed by atoms with Crippen LogP contribution in [-0.4, -0.2) is 34.7 Å². The van der Waals surface area contributed by atoms with Gasteiger partial charge >= 0.3 is 5.97 Å². The summed E-state index contributed by atoms with van der Waals surface area (Å²) in [5, 5.41) is 14.8. The topological polar surface area (TPSA) is 125 Å². The first-order valence-electron chi connectivity index (χ1n) is 5.24. The number of halogens is 1. The second-order valence-electron chi connectivity index (χ2n) is 3.77. The fourth-order valence-corrected chi connectivity index (χ4v) is 3.37. The van der Waals surface area contributed by atoms with E-state index in [1.54, 1.807) is 12.1 Å². The van der Waals surface area contributed by atoms with Crippen molar-refractivity contribution in [3.63, 3.8) is 0 Å². The minimum Gasteiger partial charge on any atom is -0.476 e. The van der Waals surface area contributed by atoms with Gasteiger partial charge in [0.15, 0.2) is 11.5 Å². The fraction of sp³-hybridized carbons (Fsp3) is 0.100. The van der Waals surface area contributed by atoms with E-state index in [4.69, 9.17) is 5.11 Å². The zero-order chi connectivity index (χ0) is 14.9. The van der Waals surface area contributed by atoms with Crippen molar-refractivity contribution in [3.8, 4) is 0 Å². The normalized spacial score (nSPS) is 11.3. The van der Waals surface area contributed by atoms with Crippen molar-refractivity contribution in [2.75, 3.05) is 4.72 Å². The summed E-state index contributed by atoms with van der Waals surface area (Å²) in [7, 11) is -4.12. The lowest BCUT2D eigenvalue weighted by atomic mass is 10.4. The lowest BCUT2D eigenvalue weighted by Gasteiger charge is -2.08. The number of hydrogen-bond donors (Lipinski definition) is 3. The second-order valence-corrected chi connectivity index (χ2v) is 6.24. The maximum atomic E-state index is 12.3. The lowest BCUT2D eigenvalue weighted by molar-refractivity contribution is 0.0686. The van der Waals surface area contributed by atoms with Crippen LogP contribution in [0, 0.1) is 6.92 Å². The minimum atomic E-state index is -4.12. The quantitative estimate of drug-likeness (QED) is 0.755. The first-order valence-corrected chi connectivity index (χ1v) is 7.52. The van der Waals surface area contributed by atoms with E-state index in [0.29, 0.717) is 4.47 Å². The maximum absolute atomic E-state index is 12.3. The predicted molar refractivity (Wildman–Crippen MR) is 73.0 cm³/mol. The van der Waals surface area contributed by atoms with Gasteiger partial charge in [-0.1, -0.05) is 0 Å². The van der Waals surface area contributed by atoms with Crippen molar-refractivity contribution in [1.29, 1.82) is 0 Å². The molecule has 0 aliphatic rings. The van der Waals surface area contributed by atoms with E-state index < -0.39 is 26.6 Å². The van der Waals surface area contributed by atoms with Crippen LogP contribution in [0.2, 0.25) is 0 Å². The fourth-order valence-electron chi connectivity index (χ4n) is 1.53. The average Bonchev–Trinajstić information content (AvgIpc) is 2.75.